The molecule has 0 unspecified atom stereocenters. The molecule has 2 aromatic heterocycles. The summed E-state index contributed by atoms with van der Waals surface area (Å²) >= 11 is 0. The first-order valence-electron chi connectivity index (χ1n) is 9.13. The molecule has 0 aliphatic rings. The van der Waals surface area contributed by atoms with Crippen molar-refractivity contribution in [1.82, 2.24) is 10.1 Å². The molecular weight excluding hydrogens is 372 g/mol. The Morgan fingerprint density at radius 3 is 2.62 bits per heavy atom. The maximum atomic E-state index is 12.3. The highest BCUT2D eigenvalue weighted by molar-refractivity contribution is 5.86. The quantitative estimate of drug-likeness (QED) is 0.450. The van der Waals surface area contributed by atoms with Crippen molar-refractivity contribution in [3.8, 4) is 17.1 Å². The number of carbonyl (C=O) groups excluding carboxylic acids is 1. The fourth-order valence-electron chi connectivity index (χ4n) is 2.99. The first kappa shape index (κ1) is 18.7. The summed E-state index contributed by atoms with van der Waals surface area (Å²) in [6.45, 7) is 3.96. The number of carbonyl (C=O) groups is 1. The second-order valence-electron chi connectivity index (χ2n) is 6.77. The second-order valence-corrected chi connectivity index (χ2v) is 6.77. The van der Waals surface area contributed by atoms with E-state index in [0.717, 1.165) is 39.0 Å². The Kier molecular flexibility index (Phi) is 5.03. The predicted molar refractivity (Wildman–Crippen MR) is 105 cm³/mol. The van der Waals surface area contributed by atoms with E-state index in [1.807, 2.05) is 50.2 Å². The van der Waals surface area contributed by atoms with Crippen molar-refractivity contribution in [2.24, 2.45) is 0 Å². The molecule has 0 N–H and O–H groups in total. The number of esters is 1. The van der Waals surface area contributed by atoms with Gasteiger partial charge < -0.3 is 18.4 Å². The lowest BCUT2D eigenvalue weighted by atomic mass is 10.0. The van der Waals surface area contributed by atoms with Crippen LogP contribution in [0.15, 0.2) is 51.6 Å². The van der Waals surface area contributed by atoms with E-state index in [4.69, 9.17) is 18.4 Å². The maximum absolute atomic E-state index is 12.3. The second kappa shape index (κ2) is 7.79. The van der Waals surface area contributed by atoms with Crippen molar-refractivity contribution in [3.63, 3.8) is 0 Å². The molecule has 0 bridgehead atoms. The number of fused-ring (bicyclic) bond motifs is 1. The van der Waals surface area contributed by atoms with Gasteiger partial charge in [0.1, 0.15) is 11.3 Å². The Labute approximate surface area is 167 Å². The fraction of sp³-hybridized carbons (Fsp3) is 0.227. The Morgan fingerprint density at radius 2 is 1.86 bits per heavy atom. The van der Waals surface area contributed by atoms with Gasteiger partial charge in [-0.2, -0.15) is 4.98 Å². The molecule has 148 valence electrons. The molecule has 7 heteroatoms. The molecule has 0 spiro atoms. The molecule has 7 nitrogen and oxygen atoms in total. The topological polar surface area (TPSA) is 87.6 Å². The standard InChI is InChI=1S/C22H20N2O5/c1-13-8-18-16(11-27-19(18)9-14(13)2)10-21(25)28-12-20-23-22(24-29-20)15-4-6-17(26-3)7-5-15/h4-9,11H,10,12H2,1-3H3. The number of hydrogen-bond donors (Lipinski definition) is 0. The van der Waals surface area contributed by atoms with Crippen molar-refractivity contribution < 1.29 is 23.2 Å². The van der Waals surface area contributed by atoms with Crippen LogP contribution < -0.4 is 4.74 Å². The van der Waals surface area contributed by atoms with Crippen molar-refractivity contribution >= 4 is 16.9 Å². The number of methoxy groups -OCH3 is 1. The summed E-state index contributed by atoms with van der Waals surface area (Å²) in [5.74, 6) is 0.997. The number of benzene rings is 2. The van der Waals surface area contributed by atoms with Crippen LogP contribution in [-0.2, 0) is 22.6 Å². The van der Waals surface area contributed by atoms with Crippen LogP contribution in [0.3, 0.4) is 0 Å². The number of hydrogen-bond acceptors (Lipinski definition) is 7. The van der Waals surface area contributed by atoms with Gasteiger partial charge in [-0.3, -0.25) is 4.79 Å². The van der Waals surface area contributed by atoms with Crippen LogP contribution in [0.25, 0.3) is 22.4 Å². The third-order valence-corrected chi connectivity index (χ3v) is 4.78. The summed E-state index contributed by atoms with van der Waals surface area (Å²) in [6, 6.07) is 11.3. The van der Waals surface area contributed by atoms with E-state index in [1.54, 1.807) is 13.4 Å². The molecule has 0 saturated heterocycles. The normalized spacial score (nSPS) is 11.0. The summed E-state index contributed by atoms with van der Waals surface area (Å²) in [6.07, 6.45) is 1.70. The molecule has 0 radical (unpaired) electrons. The largest absolute Gasteiger partial charge is 0.497 e. The average Bonchev–Trinajstić information content (AvgIpc) is 3.35. The van der Waals surface area contributed by atoms with Crippen LogP contribution in [-0.4, -0.2) is 23.2 Å². The molecule has 0 aliphatic carbocycles. The van der Waals surface area contributed by atoms with Crippen LogP contribution in [0, 0.1) is 13.8 Å². The minimum atomic E-state index is -0.393. The summed E-state index contributed by atoms with van der Waals surface area (Å²) in [4.78, 5) is 16.5. The van der Waals surface area contributed by atoms with E-state index in [-0.39, 0.29) is 18.9 Å². The zero-order valence-electron chi connectivity index (χ0n) is 16.4. The third-order valence-electron chi connectivity index (χ3n) is 4.78. The van der Waals surface area contributed by atoms with Crippen molar-refractivity contribution in [3.05, 3.63) is 65.2 Å². The van der Waals surface area contributed by atoms with Crippen molar-refractivity contribution in [2.45, 2.75) is 26.9 Å². The Balaban J connectivity index is 1.39. The minimum absolute atomic E-state index is 0.0874. The monoisotopic (exact) mass is 392 g/mol. The van der Waals surface area contributed by atoms with Crippen LogP contribution in [0.4, 0.5) is 0 Å². The summed E-state index contributed by atoms with van der Waals surface area (Å²) in [7, 11) is 1.60. The number of aromatic nitrogens is 2. The van der Waals surface area contributed by atoms with Crippen LogP contribution >= 0.6 is 0 Å². The average molecular weight is 392 g/mol. The Morgan fingerprint density at radius 1 is 1.10 bits per heavy atom. The van der Waals surface area contributed by atoms with Gasteiger partial charge in [-0.15, -0.1) is 0 Å². The molecule has 0 fully saturated rings. The molecular formula is C22H20N2O5. The van der Waals surface area contributed by atoms with Gasteiger partial charge in [0.2, 0.25) is 5.82 Å². The highest BCUT2D eigenvalue weighted by atomic mass is 16.6. The minimum Gasteiger partial charge on any atom is -0.497 e. The molecule has 0 aliphatic heterocycles. The molecule has 29 heavy (non-hydrogen) atoms. The van der Waals surface area contributed by atoms with Crippen molar-refractivity contribution in [1.29, 1.82) is 0 Å². The summed E-state index contributed by atoms with van der Waals surface area (Å²) in [5.41, 5.74) is 4.62. The molecule has 4 rings (SSSR count). The van der Waals surface area contributed by atoms with Gasteiger partial charge in [0.05, 0.1) is 19.8 Å². The zero-order valence-corrected chi connectivity index (χ0v) is 16.4. The van der Waals surface area contributed by atoms with Gasteiger partial charge >= 0.3 is 5.97 Å². The van der Waals surface area contributed by atoms with Crippen molar-refractivity contribution in [2.75, 3.05) is 7.11 Å². The first-order valence-corrected chi connectivity index (χ1v) is 9.13. The molecule has 0 atom stereocenters. The van der Waals surface area contributed by atoms with Crippen LogP contribution in [0.5, 0.6) is 5.75 Å². The molecule has 2 aromatic carbocycles. The van der Waals surface area contributed by atoms with Crippen LogP contribution in [0.1, 0.15) is 22.6 Å². The molecule has 4 aromatic rings. The first-order chi connectivity index (χ1) is 14.0. The van der Waals surface area contributed by atoms with E-state index in [9.17, 15) is 4.79 Å². The number of rotatable bonds is 6. The number of nitrogens with zero attached hydrogens (tertiary/aromatic N) is 2. The van der Waals surface area contributed by atoms with E-state index in [1.165, 1.54) is 0 Å². The molecule has 0 amide bonds. The van der Waals surface area contributed by atoms with Gasteiger partial charge in [0.25, 0.3) is 5.89 Å². The lowest BCUT2D eigenvalue weighted by Gasteiger charge is -2.02. The van der Waals surface area contributed by atoms with E-state index < -0.39 is 5.97 Å². The summed E-state index contributed by atoms with van der Waals surface area (Å²) < 4.78 is 21.2. The predicted octanol–water partition coefficient (Wildman–Crippen LogP) is 4.39. The lowest BCUT2D eigenvalue weighted by Crippen LogP contribution is -2.08. The Hall–Kier alpha value is -3.61. The molecule has 2 heterocycles. The van der Waals surface area contributed by atoms with Gasteiger partial charge in [-0.1, -0.05) is 5.16 Å². The number of ether oxygens (including phenoxy) is 2. The molecule has 0 saturated carbocycles. The van der Waals surface area contributed by atoms with E-state index in [0.29, 0.717) is 5.82 Å². The number of aryl methyl sites for hydroxylation is 2. The van der Waals surface area contributed by atoms with Gasteiger partial charge in [-0.25, -0.2) is 0 Å². The van der Waals surface area contributed by atoms with E-state index >= 15 is 0 Å². The maximum Gasteiger partial charge on any atom is 0.310 e. The third kappa shape index (κ3) is 3.99. The summed E-state index contributed by atoms with van der Waals surface area (Å²) in [5, 5.41) is 4.84. The van der Waals surface area contributed by atoms with Gasteiger partial charge in [0, 0.05) is 16.5 Å². The SMILES string of the molecule is COc1ccc(-c2noc(COC(=O)Cc3coc4cc(C)c(C)cc34)n2)cc1. The highest BCUT2D eigenvalue weighted by Crippen LogP contribution is 2.25. The van der Waals surface area contributed by atoms with E-state index in [2.05, 4.69) is 10.1 Å². The smallest absolute Gasteiger partial charge is 0.310 e. The Bertz CT molecular complexity index is 1160. The number of furan rings is 1. The highest BCUT2D eigenvalue weighted by Gasteiger charge is 2.15. The zero-order chi connectivity index (χ0) is 20.4. The lowest BCUT2D eigenvalue weighted by molar-refractivity contribution is -0.144. The van der Waals surface area contributed by atoms with Gasteiger partial charge in [-0.05, 0) is 61.4 Å². The van der Waals surface area contributed by atoms with Crippen LogP contribution in [0.2, 0.25) is 0 Å². The fourth-order valence-corrected chi connectivity index (χ4v) is 2.99. The van der Waals surface area contributed by atoms with Gasteiger partial charge in [0.15, 0.2) is 6.61 Å².